The van der Waals surface area contributed by atoms with Gasteiger partial charge in [-0.15, -0.1) is 0 Å². The Kier molecular flexibility index (Phi) is 6.60. The fourth-order valence-corrected chi connectivity index (χ4v) is 1.30. The van der Waals surface area contributed by atoms with E-state index in [1.54, 1.807) is 13.3 Å². The lowest BCUT2D eigenvalue weighted by molar-refractivity contribution is 0.193. The number of hydrogen-bond donors (Lipinski definition) is 1. The van der Waals surface area contributed by atoms with Gasteiger partial charge in [0.25, 0.3) is 0 Å². The summed E-state index contributed by atoms with van der Waals surface area (Å²) in [6.07, 6.45) is 4.68. The number of hydrogen-bond acceptors (Lipinski definition) is 4. The van der Waals surface area contributed by atoms with Gasteiger partial charge in [0.1, 0.15) is 6.61 Å². The second kappa shape index (κ2) is 8.13. The van der Waals surface area contributed by atoms with Crippen LogP contribution >= 0.6 is 0 Å². The third kappa shape index (κ3) is 5.14. The molecule has 1 rings (SSSR count). The number of nitrogens with zero attached hydrogens (tertiary/aromatic N) is 2. The largest absolute Gasteiger partial charge is 0.489 e. The Hall–Kier alpha value is -1.07. The molecule has 0 radical (unpaired) electrons. The molecule has 16 heavy (non-hydrogen) atoms. The highest BCUT2D eigenvalue weighted by atomic mass is 16.5. The maximum Gasteiger partial charge on any atom is 0.157 e. The van der Waals surface area contributed by atoms with E-state index in [4.69, 9.17) is 9.47 Å². The van der Waals surface area contributed by atoms with Crippen molar-refractivity contribution >= 4 is 0 Å². The third-order valence-electron chi connectivity index (χ3n) is 2.18. The first-order valence-corrected chi connectivity index (χ1v) is 5.71. The molecule has 0 atom stereocenters. The summed E-state index contributed by atoms with van der Waals surface area (Å²) in [6.45, 7) is 6.21. The quantitative estimate of drug-likeness (QED) is 0.637. The van der Waals surface area contributed by atoms with Crippen LogP contribution in [0.2, 0.25) is 0 Å². The molecule has 0 aliphatic heterocycles. The fraction of sp³-hybridized carbons (Fsp3) is 0.727. The molecule has 1 N–H and O–H groups in total. The van der Waals surface area contributed by atoms with E-state index in [1.165, 1.54) is 0 Å². The zero-order valence-electron chi connectivity index (χ0n) is 10.1. The van der Waals surface area contributed by atoms with Gasteiger partial charge in [0.15, 0.2) is 5.75 Å². The second-order valence-electron chi connectivity index (χ2n) is 3.48. The zero-order chi connectivity index (χ0) is 11.6. The Morgan fingerprint density at radius 1 is 1.38 bits per heavy atom. The van der Waals surface area contributed by atoms with Crippen LogP contribution in [0.15, 0.2) is 12.4 Å². The molecule has 0 aliphatic carbocycles. The van der Waals surface area contributed by atoms with Crippen LogP contribution < -0.4 is 10.1 Å². The van der Waals surface area contributed by atoms with Crippen molar-refractivity contribution in [2.24, 2.45) is 0 Å². The standard InChI is InChI=1S/C11H21N3O2/c1-3-14-10-11(9-13-14)16-8-6-12-5-4-7-15-2/h9-10,12H,3-8H2,1-2H3. The summed E-state index contributed by atoms with van der Waals surface area (Å²) in [5.74, 6) is 0.834. The molecular weight excluding hydrogens is 206 g/mol. The molecule has 5 nitrogen and oxygen atoms in total. The maximum atomic E-state index is 5.52. The van der Waals surface area contributed by atoms with Gasteiger partial charge in [-0.2, -0.15) is 5.10 Å². The summed E-state index contributed by atoms with van der Waals surface area (Å²) >= 11 is 0. The fourth-order valence-electron chi connectivity index (χ4n) is 1.30. The van der Waals surface area contributed by atoms with Crippen LogP contribution in [0.5, 0.6) is 5.75 Å². The topological polar surface area (TPSA) is 48.3 Å². The summed E-state index contributed by atoms with van der Waals surface area (Å²) in [4.78, 5) is 0. The summed E-state index contributed by atoms with van der Waals surface area (Å²) in [7, 11) is 1.72. The Morgan fingerprint density at radius 3 is 2.94 bits per heavy atom. The van der Waals surface area contributed by atoms with Crippen molar-refractivity contribution in [3.05, 3.63) is 12.4 Å². The van der Waals surface area contributed by atoms with E-state index < -0.39 is 0 Å². The third-order valence-corrected chi connectivity index (χ3v) is 2.18. The van der Waals surface area contributed by atoms with Gasteiger partial charge in [-0.3, -0.25) is 4.68 Å². The number of methoxy groups -OCH3 is 1. The molecule has 0 aromatic carbocycles. The van der Waals surface area contributed by atoms with Crippen LogP contribution in [0.25, 0.3) is 0 Å². The normalized spacial score (nSPS) is 10.6. The highest BCUT2D eigenvalue weighted by Gasteiger charge is 1.97. The van der Waals surface area contributed by atoms with Crippen molar-refractivity contribution in [3.8, 4) is 5.75 Å². The van der Waals surface area contributed by atoms with E-state index in [1.807, 2.05) is 17.8 Å². The highest BCUT2D eigenvalue weighted by molar-refractivity contribution is 5.11. The molecule has 92 valence electrons. The predicted octanol–water partition coefficient (Wildman–Crippen LogP) is 0.908. The molecule has 0 aliphatic rings. The van der Waals surface area contributed by atoms with Crippen LogP contribution in [0.1, 0.15) is 13.3 Å². The molecule has 0 saturated carbocycles. The van der Waals surface area contributed by atoms with E-state index in [0.717, 1.165) is 38.4 Å². The molecule has 1 aromatic rings. The first kappa shape index (κ1) is 13.0. The Balaban J connectivity index is 1.98. The molecule has 0 saturated heterocycles. The van der Waals surface area contributed by atoms with E-state index in [9.17, 15) is 0 Å². The van der Waals surface area contributed by atoms with Crippen LogP contribution in [-0.4, -0.2) is 43.2 Å². The molecule has 5 heteroatoms. The predicted molar refractivity (Wildman–Crippen MR) is 62.8 cm³/mol. The first-order valence-electron chi connectivity index (χ1n) is 5.71. The van der Waals surface area contributed by atoms with Gasteiger partial charge in [-0.1, -0.05) is 0 Å². The van der Waals surface area contributed by atoms with Gasteiger partial charge in [-0.05, 0) is 19.9 Å². The Labute approximate surface area is 96.7 Å². The molecule has 0 spiro atoms. The number of rotatable bonds is 9. The van der Waals surface area contributed by atoms with Crippen LogP contribution in [-0.2, 0) is 11.3 Å². The minimum Gasteiger partial charge on any atom is -0.489 e. The van der Waals surface area contributed by atoms with Crippen LogP contribution in [0, 0.1) is 0 Å². The highest BCUT2D eigenvalue weighted by Crippen LogP contribution is 2.06. The molecule has 0 fully saturated rings. The molecule has 0 unspecified atom stereocenters. The number of nitrogens with one attached hydrogen (secondary N) is 1. The van der Waals surface area contributed by atoms with Crippen molar-refractivity contribution in [3.63, 3.8) is 0 Å². The summed E-state index contributed by atoms with van der Waals surface area (Å²) in [6, 6.07) is 0. The van der Waals surface area contributed by atoms with Gasteiger partial charge >= 0.3 is 0 Å². The smallest absolute Gasteiger partial charge is 0.157 e. The zero-order valence-corrected chi connectivity index (χ0v) is 10.1. The first-order chi connectivity index (χ1) is 7.86. The number of ether oxygens (including phenoxy) is 2. The van der Waals surface area contributed by atoms with Crippen molar-refractivity contribution < 1.29 is 9.47 Å². The lowest BCUT2D eigenvalue weighted by Crippen LogP contribution is -2.22. The molecule has 0 bridgehead atoms. The van der Waals surface area contributed by atoms with Crippen molar-refractivity contribution in [1.82, 2.24) is 15.1 Å². The number of aromatic nitrogens is 2. The van der Waals surface area contributed by atoms with Crippen molar-refractivity contribution in [2.75, 3.05) is 33.4 Å². The van der Waals surface area contributed by atoms with Crippen LogP contribution in [0.4, 0.5) is 0 Å². The van der Waals surface area contributed by atoms with Gasteiger partial charge in [0, 0.05) is 26.8 Å². The lowest BCUT2D eigenvalue weighted by Gasteiger charge is -2.05. The molecule has 1 heterocycles. The monoisotopic (exact) mass is 227 g/mol. The average Bonchev–Trinajstić information content (AvgIpc) is 2.76. The van der Waals surface area contributed by atoms with Gasteiger partial charge in [-0.25, -0.2) is 0 Å². The average molecular weight is 227 g/mol. The summed E-state index contributed by atoms with van der Waals surface area (Å²) in [5.41, 5.74) is 0. The van der Waals surface area contributed by atoms with Crippen molar-refractivity contribution in [2.45, 2.75) is 19.9 Å². The second-order valence-corrected chi connectivity index (χ2v) is 3.48. The lowest BCUT2D eigenvalue weighted by atomic mass is 10.4. The molecular formula is C11H21N3O2. The van der Waals surface area contributed by atoms with E-state index in [2.05, 4.69) is 10.4 Å². The Bertz CT molecular complexity index is 276. The van der Waals surface area contributed by atoms with Crippen molar-refractivity contribution in [1.29, 1.82) is 0 Å². The minimum atomic E-state index is 0.669. The van der Waals surface area contributed by atoms with E-state index in [0.29, 0.717) is 6.61 Å². The molecule has 0 amide bonds. The van der Waals surface area contributed by atoms with Crippen LogP contribution in [0.3, 0.4) is 0 Å². The number of aryl methyl sites for hydroxylation is 1. The summed E-state index contributed by atoms with van der Waals surface area (Å²) < 4.78 is 12.3. The SMILES string of the molecule is CCn1cc(OCCNCCCOC)cn1. The van der Waals surface area contributed by atoms with Gasteiger partial charge < -0.3 is 14.8 Å². The van der Waals surface area contributed by atoms with Gasteiger partial charge in [0.05, 0.1) is 12.4 Å². The Morgan fingerprint density at radius 2 is 2.25 bits per heavy atom. The minimum absolute atomic E-state index is 0.669. The maximum absolute atomic E-state index is 5.52. The van der Waals surface area contributed by atoms with E-state index in [-0.39, 0.29) is 0 Å². The molecule has 1 aromatic heterocycles. The van der Waals surface area contributed by atoms with E-state index >= 15 is 0 Å². The summed E-state index contributed by atoms with van der Waals surface area (Å²) in [5, 5.41) is 7.41. The van der Waals surface area contributed by atoms with Gasteiger partial charge in [0.2, 0.25) is 0 Å².